The quantitative estimate of drug-likeness (QED) is 0.659. The van der Waals surface area contributed by atoms with E-state index in [1.165, 1.54) is 44.6 Å². The molecule has 0 aromatic carbocycles. The summed E-state index contributed by atoms with van der Waals surface area (Å²) in [5, 5.41) is 0. The minimum Gasteiger partial charge on any atom is -0.438 e. The summed E-state index contributed by atoms with van der Waals surface area (Å²) < 4.78 is 0. The molecule has 2 aliphatic rings. The van der Waals surface area contributed by atoms with Crippen molar-refractivity contribution in [3.63, 3.8) is 0 Å². The first-order valence-corrected chi connectivity index (χ1v) is 7.16. The van der Waals surface area contributed by atoms with Gasteiger partial charge >= 0.3 is 0 Å². The molecule has 1 nitrogen and oxygen atoms in total. The van der Waals surface area contributed by atoms with E-state index in [0.29, 0.717) is 0 Å². The van der Waals surface area contributed by atoms with Crippen LogP contribution >= 0.6 is 0 Å². The summed E-state index contributed by atoms with van der Waals surface area (Å²) in [7, 11) is -0.670. The highest BCUT2D eigenvalue weighted by atomic mass is 28.2. The topological polar surface area (TPSA) is 20.2 Å². The summed E-state index contributed by atoms with van der Waals surface area (Å²) in [5.41, 5.74) is 0. The predicted molar refractivity (Wildman–Crippen MR) is 53.7 cm³/mol. The van der Waals surface area contributed by atoms with Gasteiger partial charge in [0.15, 0.2) is 9.76 Å². The Morgan fingerprint density at radius 1 is 1.08 bits per heavy atom. The van der Waals surface area contributed by atoms with E-state index in [1.807, 2.05) is 0 Å². The first-order chi connectivity index (χ1) is 5.92. The van der Waals surface area contributed by atoms with Crippen LogP contribution in [0.3, 0.4) is 0 Å². The van der Waals surface area contributed by atoms with Gasteiger partial charge in [0.1, 0.15) is 0 Å². The van der Waals surface area contributed by atoms with Crippen molar-refractivity contribution in [2.45, 2.75) is 44.6 Å². The molecule has 0 spiro atoms. The predicted octanol–water partition coefficient (Wildman–Crippen LogP) is 1.70. The summed E-state index contributed by atoms with van der Waals surface area (Å²) in [4.78, 5) is 9.11. The van der Waals surface area contributed by atoms with Crippen LogP contribution in [0, 0.1) is 17.8 Å². The molecular formula is C10H20OSi. The molecule has 2 rings (SSSR count). The largest absolute Gasteiger partial charge is 0.438 e. The van der Waals surface area contributed by atoms with E-state index >= 15 is 0 Å². The lowest BCUT2D eigenvalue weighted by Gasteiger charge is -2.42. The van der Waals surface area contributed by atoms with Gasteiger partial charge in [-0.2, -0.15) is 0 Å². The molecular weight excluding hydrogens is 164 g/mol. The number of hydrogen-bond acceptors (Lipinski definition) is 1. The van der Waals surface area contributed by atoms with E-state index in [-0.39, 0.29) is 0 Å². The average molecular weight is 184 g/mol. The molecule has 2 heteroatoms. The molecule has 12 heavy (non-hydrogen) atoms. The zero-order valence-corrected chi connectivity index (χ0v) is 9.25. The van der Waals surface area contributed by atoms with Crippen LogP contribution in [0.25, 0.3) is 0 Å². The van der Waals surface area contributed by atoms with Crippen LogP contribution in [0.4, 0.5) is 0 Å². The van der Waals surface area contributed by atoms with Crippen molar-refractivity contribution < 1.29 is 4.80 Å². The van der Waals surface area contributed by atoms with Crippen molar-refractivity contribution in [3.05, 3.63) is 0 Å². The SMILES string of the molecule is O[SiH2]CC(C1CCC1)C1CCC1. The van der Waals surface area contributed by atoms with E-state index < -0.39 is 9.76 Å². The third kappa shape index (κ3) is 1.60. The molecule has 0 aromatic rings. The molecule has 0 unspecified atom stereocenters. The van der Waals surface area contributed by atoms with Gasteiger partial charge in [0, 0.05) is 0 Å². The molecule has 0 saturated heterocycles. The van der Waals surface area contributed by atoms with Gasteiger partial charge in [-0.05, 0) is 23.8 Å². The van der Waals surface area contributed by atoms with Crippen LogP contribution in [-0.4, -0.2) is 14.6 Å². The fourth-order valence-corrected chi connectivity index (χ4v) is 3.98. The highest BCUT2D eigenvalue weighted by Crippen LogP contribution is 2.45. The van der Waals surface area contributed by atoms with Crippen molar-refractivity contribution in [3.8, 4) is 0 Å². The first-order valence-electron chi connectivity index (χ1n) is 5.52. The Balaban J connectivity index is 1.82. The second kappa shape index (κ2) is 3.92. The van der Waals surface area contributed by atoms with Crippen molar-refractivity contribution in [2.75, 3.05) is 0 Å². The molecule has 2 saturated carbocycles. The van der Waals surface area contributed by atoms with Crippen molar-refractivity contribution >= 4 is 9.76 Å². The van der Waals surface area contributed by atoms with Crippen LogP contribution < -0.4 is 0 Å². The van der Waals surface area contributed by atoms with Crippen molar-refractivity contribution in [1.29, 1.82) is 0 Å². The maximum absolute atomic E-state index is 9.11. The minimum absolute atomic E-state index is 0.670. The van der Waals surface area contributed by atoms with Gasteiger partial charge in [-0.1, -0.05) is 38.5 Å². The molecule has 0 bridgehead atoms. The Kier molecular flexibility index (Phi) is 2.86. The fraction of sp³-hybridized carbons (Fsp3) is 1.00. The zero-order valence-electron chi connectivity index (χ0n) is 7.84. The van der Waals surface area contributed by atoms with Crippen LogP contribution in [0.15, 0.2) is 0 Å². The second-order valence-electron chi connectivity index (χ2n) is 4.56. The van der Waals surface area contributed by atoms with Gasteiger partial charge < -0.3 is 4.80 Å². The smallest absolute Gasteiger partial charge is 0.157 e. The lowest BCUT2D eigenvalue weighted by molar-refractivity contribution is 0.106. The summed E-state index contributed by atoms with van der Waals surface area (Å²) in [6.45, 7) is 0. The lowest BCUT2D eigenvalue weighted by Crippen LogP contribution is -2.32. The summed E-state index contributed by atoms with van der Waals surface area (Å²) in [5.74, 6) is 2.99. The van der Waals surface area contributed by atoms with Crippen molar-refractivity contribution in [1.82, 2.24) is 0 Å². The maximum atomic E-state index is 9.11. The van der Waals surface area contributed by atoms with Crippen LogP contribution in [0.1, 0.15) is 38.5 Å². The Hall–Kier alpha value is 0.177. The van der Waals surface area contributed by atoms with E-state index in [4.69, 9.17) is 4.80 Å². The fourth-order valence-electron chi connectivity index (χ4n) is 2.74. The van der Waals surface area contributed by atoms with E-state index in [1.54, 1.807) is 0 Å². The van der Waals surface area contributed by atoms with Crippen LogP contribution in [0.2, 0.25) is 6.04 Å². The summed E-state index contributed by atoms with van der Waals surface area (Å²) >= 11 is 0. The minimum atomic E-state index is -0.670. The summed E-state index contributed by atoms with van der Waals surface area (Å²) in [6.07, 6.45) is 8.79. The third-order valence-corrected chi connectivity index (χ3v) is 4.90. The normalized spacial score (nSPS) is 26.5. The molecule has 0 atom stereocenters. The molecule has 70 valence electrons. The van der Waals surface area contributed by atoms with Gasteiger partial charge in [-0.15, -0.1) is 0 Å². The van der Waals surface area contributed by atoms with Gasteiger partial charge in [-0.25, -0.2) is 0 Å². The Labute approximate surface area is 77.5 Å². The Bertz CT molecular complexity index is 127. The highest BCUT2D eigenvalue weighted by Gasteiger charge is 2.35. The molecule has 0 radical (unpaired) electrons. The molecule has 0 heterocycles. The molecule has 0 aromatic heterocycles. The third-order valence-electron chi connectivity index (χ3n) is 3.97. The van der Waals surface area contributed by atoms with Gasteiger partial charge in [-0.3, -0.25) is 0 Å². The average Bonchev–Trinajstić information content (AvgIpc) is 1.79. The summed E-state index contributed by atoms with van der Waals surface area (Å²) in [6, 6.07) is 1.22. The molecule has 2 fully saturated rings. The zero-order chi connectivity index (χ0) is 8.39. The molecule has 2 aliphatic carbocycles. The lowest BCUT2D eigenvalue weighted by atomic mass is 9.65. The van der Waals surface area contributed by atoms with Crippen LogP contribution in [0.5, 0.6) is 0 Å². The van der Waals surface area contributed by atoms with E-state index in [9.17, 15) is 0 Å². The number of rotatable bonds is 4. The maximum Gasteiger partial charge on any atom is 0.157 e. The molecule has 0 aliphatic heterocycles. The Morgan fingerprint density at radius 2 is 1.58 bits per heavy atom. The Morgan fingerprint density at radius 3 is 1.83 bits per heavy atom. The van der Waals surface area contributed by atoms with Gasteiger partial charge in [0.2, 0.25) is 0 Å². The number of hydrogen-bond donors (Lipinski definition) is 1. The second-order valence-corrected chi connectivity index (χ2v) is 5.58. The highest BCUT2D eigenvalue weighted by molar-refractivity contribution is 6.25. The first kappa shape index (κ1) is 8.76. The van der Waals surface area contributed by atoms with Gasteiger partial charge in [0.25, 0.3) is 0 Å². The monoisotopic (exact) mass is 184 g/mol. The van der Waals surface area contributed by atoms with E-state index in [2.05, 4.69) is 0 Å². The van der Waals surface area contributed by atoms with Crippen molar-refractivity contribution in [2.24, 2.45) is 17.8 Å². The van der Waals surface area contributed by atoms with Gasteiger partial charge in [0.05, 0.1) is 0 Å². The van der Waals surface area contributed by atoms with E-state index in [0.717, 1.165) is 17.8 Å². The standard InChI is InChI=1S/C10H20OSi/c11-12-7-10(8-3-1-4-8)9-5-2-6-9/h8-11H,1-7,12H2. The molecule has 1 N–H and O–H groups in total. The molecule has 0 amide bonds. The van der Waals surface area contributed by atoms with Crippen LogP contribution in [-0.2, 0) is 0 Å².